The van der Waals surface area contributed by atoms with Crippen LogP contribution in [0.4, 0.5) is 0 Å². The van der Waals surface area contributed by atoms with Crippen LogP contribution in [0.5, 0.6) is 0 Å². The Morgan fingerprint density at radius 2 is 1.59 bits per heavy atom. The van der Waals surface area contributed by atoms with Gasteiger partial charge in [-0.3, -0.25) is 4.40 Å². The SMILES string of the molecule is OCc1c(-c2ccc(-c3ccccc3)cc2)nc2sccn12. The predicted octanol–water partition coefficient (Wildman–Crippen LogP) is 4.22. The summed E-state index contributed by atoms with van der Waals surface area (Å²) in [5.74, 6) is 0. The molecule has 2 heterocycles. The van der Waals surface area contributed by atoms with Gasteiger partial charge in [0.2, 0.25) is 0 Å². The number of nitrogens with zero attached hydrogens (tertiary/aromatic N) is 2. The summed E-state index contributed by atoms with van der Waals surface area (Å²) >= 11 is 1.57. The molecule has 108 valence electrons. The molecule has 0 bridgehead atoms. The maximum absolute atomic E-state index is 9.66. The number of hydrogen-bond acceptors (Lipinski definition) is 3. The Hall–Kier alpha value is -2.43. The molecule has 3 nitrogen and oxygen atoms in total. The number of aliphatic hydroxyl groups excluding tert-OH is 1. The van der Waals surface area contributed by atoms with Crippen molar-refractivity contribution in [2.45, 2.75) is 6.61 Å². The number of aliphatic hydroxyl groups is 1. The van der Waals surface area contributed by atoms with E-state index in [9.17, 15) is 5.11 Å². The molecular formula is C18H14N2OS. The van der Waals surface area contributed by atoms with Crippen LogP contribution in [0, 0.1) is 0 Å². The quantitative estimate of drug-likeness (QED) is 0.615. The van der Waals surface area contributed by atoms with E-state index in [0.29, 0.717) is 0 Å². The third kappa shape index (κ3) is 2.13. The largest absolute Gasteiger partial charge is 0.390 e. The fourth-order valence-corrected chi connectivity index (χ4v) is 3.40. The number of hydrogen-bond donors (Lipinski definition) is 1. The Kier molecular flexibility index (Phi) is 3.25. The molecule has 0 unspecified atom stereocenters. The van der Waals surface area contributed by atoms with Crippen molar-refractivity contribution >= 4 is 16.3 Å². The lowest BCUT2D eigenvalue weighted by molar-refractivity contribution is 0.276. The van der Waals surface area contributed by atoms with Crippen LogP contribution in [-0.4, -0.2) is 14.5 Å². The zero-order chi connectivity index (χ0) is 14.9. The van der Waals surface area contributed by atoms with Crippen molar-refractivity contribution in [3.8, 4) is 22.4 Å². The van der Waals surface area contributed by atoms with Gasteiger partial charge in [-0.2, -0.15) is 0 Å². The lowest BCUT2D eigenvalue weighted by atomic mass is 10.0. The molecule has 0 saturated carbocycles. The Balaban J connectivity index is 1.77. The topological polar surface area (TPSA) is 37.5 Å². The monoisotopic (exact) mass is 306 g/mol. The third-order valence-corrected chi connectivity index (χ3v) is 4.53. The van der Waals surface area contributed by atoms with Crippen LogP contribution >= 0.6 is 11.3 Å². The molecule has 1 N–H and O–H groups in total. The number of thiazole rings is 1. The summed E-state index contributed by atoms with van der Waals surface area (Å²) in [6.45, 7) is -0.0202. The molecular weight excluding hydrogens is 292 g/mol. The minimum atomic E-state index is -0.0202. The molecule has 0 amide bonds. The summed E-state index contributed by atoms with van der Waals surface area (Å²) in [4.78, 5) is 5.55. The normalized spacial score (nSPS) is 11.1. The van der Waals surface area contributed by atoms with Crippen LogP contribution < -0.4 is 0 Å². The highest BCUT2D eigenvalue weighted by atomic mass is 32.1. The summed E-state index contributed by atoms with van der Waals surface area (Å²) in [7, 11) is 0. The van der Waals surface area contributed by atoms with Crippen molar-refractivity contribution in [3.05, 3.63) is 71.9 Å². The highest BCUT2D eigenvalue weighted by Crippen LogP contribution is 2.28. The van der Waals surface area contributed by atoms with E-state index in [4.69, 9.17) is 0 Å². The standard InChI is InChI=1S/C18H14N2OS/c21-12-16-17(19-18-20(16)10-11-22-18)15-8-6-14(7-9-15)13-4-2-1-3-5-13/h1-11,21H,12H2. The van der Waals surface area contributed by atoms with Crippen molar-refractivity contribution < 1.29 is 5.11 Å². The van der Waals surface area contributed by atoms with E-state index in [0.717, 1.165) is 21.9 Å². The van der Waals surface area contributed by atoms with E-state index in [1.807, 2.05) is 34.2 Å². The average Bonchev–Trinajstić information content (AvgIpc) is 3.16. The van der Waals surface area contributed by atoms with Gasteiger partial charge < -0.3 is 5.11 Å². The fourth-order valence-electron chi connectivity index (χ4n) is 2.67. The van der Waals surface area contributed by atoms with Gasteiger partial charge in [-0.1, -0.05) is 54.6 Å². The van der Waals surface area contributed by atoms with Gasteiger partial charge in [0.1, 0.15) is 0 Å². The summed E-state index contributed by atoms with van der Waals surface area (Å²) in [6.07, 6.45) is 1.94. The molecule has 0 fully saturated rings. The fraction of sp³-hybridized carbons (Fsp3) is 0.0556. The molecule has 0 aliphatic rings. The number of imidazole rings is 1. The third-order valence-electron chi connectivity index (χ3n) is 3.78. The molecule has 0 radical (unpaired) electrons. The van der Waals surface area contributed by atoms with E-state index in [2.05, 4.69) is 41.4 Å². The summed E-state index contributed by atoms with van der Waals surface area (Å²) < 4.78 is 1.95. The zero-order valence-electron chi connectivity index (χ0n) is 11.8. The van der Waals surface area contributed by atoms with E-state index in [1.54, 1.807) is 11.3 Å². The summed E-state index contributed by atoms with van der Waals surface area (Å²) in [5, 5.41) is 11.6. The number of fused-ring (bicyclic) bond motifs is 1. The molecule has 0 spiro atoms. The number of rotatable bonds is 3. The lowest BCUT2D eigenvalue weighted by Gasteiger charge is -2.04. The molecule has 2 aromatic carbocycles. The Morgan fingerprint density at radius 3 is 2.32 bits per heavy atom. The first kappa shape index (κ1) is 13.2. The maximum Gasteiger partial charge on any atom is 0.194 e. The van der Waals surface area contributed by atoms with E-state index in [1.165, 1.54) is 11.1 Å². The molecule has 0 aliphatic heterocycles. The molecule has 22 heavy (non-hydrogen) atoms. The van der Waals surface area contributed by atoms with E-state index in [-0.39, 0.29) is 6.61 Å². The first-order chi connectivity index (χ1) is 10.9. The zero-order valence-corrected chi connectivity index (χ0v) is 12.6. The van der Waals surface area contributed by atoms with E-state index < -0.39 is 0 Å². The Bertz CT molecular complexity index is 907. The van der Waals surface area contributed by atoms with Crippen molar-refractivity contribution in [2.75, 3.05) is 0 Å². The Morgan fingerprint density at radius 1 is 0.909 bits per heavy atom. The van der Waals surface area contributed by atoms with Gasteiger partial charge in [-0.15, -0.1) is 11.3 Å². The first-order valence-corrected chi connectivity index (χ1v) is 7.96. The number of aromatic nitrogens is 2. The van der Waals surface area contributed by atoms with Crippen LogP contribution in [0.3, 0.4) is 0 Å². The smallest absolute Gasteiger partial charge is 0.194 e. The predicted molar refractivity (Wildman–Crippen MR) is 89.9 cm³/mol. The van der Waals surface area contributed by atoms with Crippen LogP contribution in [0.15, 0.2) is 66.2 Å². The average molecular weight is 306 g/mol. The highest BCUT2D eigenvalue weighted by molar-refractivity contribution is 7.15. The van der Waals surface area contributed by atoms with Crippen molar-refractivity contribution in [2.24, 2.45) is 0 Å². The maximum atomic E-state index is 9.66. The second kappa shape index (κ2) is 5.40. The van der Waals surface area contributed by atoms with Gasteiger partial charge in [0.05, 0.1) is 18.0 Å². The Labute approximate surface area is 132 Å². The highest BCUT2D eigenvalue weighted by Gasteiger charge is 2.13. The lowest BCUT2D eigenvalue weighted by Crippen LogP contribution is -1.92. The molecule has 0 saturated heterocycles. The van der Waals surface area contributed by atoms with Gasteiger partial charge in [-0.25, -0.2) is 4.98 Å². The van der Waals surface area contributed by atoms with Gasteiger partial charge in [0.25, 0.3) is 0 Å². The number of benzene rings is 2. The summed E-state index contributed by atoms with van der Waals surface area (Å²) in [6, 6.07) is 18.6. The second-order valence-electron chi connectivity index (χ2n) is 5.06. The molecule has 0 aliphatic carbocycles. The van der Waals surface area contributed by atoms with Crippen molar-refractivity contribution in [1.29, 1.82) is 0 Å². The molecule has 4 heteroatoms. The minimum absolute atomic E-state index is 0.0202. The van der Waals surface area contributed by atoms with Gasteiger partial charge in [-0.05, 0) is 11.1 Å². The molecule has 0 atom stereocenters. The first-order valence-electron chi connectivity index (χ1n) is 7.08. The van der Waals surface area contributed by atoms with Crippen LogP contribution in [0.1, 0.15) is 5.69 Å². The van der Waals surface area contributed by atoms with Crippen LogP contribution in [0.2, 0.25) is 0 Å². The minimum Gasteiger partial charge on any atom is -0.390 e. The van der Waals surface area contributed by atoms with Gasteiger partial charge in [0.15, 0.2) is 4.96 Å². The van der Waals surface area contributed by atoms with Gasteiger partial charge >= 0.3 is 0 Å². The summed E-state index contributed by atoms with van der Waals surface area (Å²) in [5.41, 5.74) is 5.09. The van der Waals surface area contributed by atoms with Crippen molar-refractivity contribution in [3.63, 3.8) is 0 Å². The van der Waals surface area contributed by atoms with Crippen LogP contribution in [0.25, 0.3) is 27.3 Å². The van der Waals surface area contributed by atoms with E-state index >= 15 is 0 Å². The van der Waals surface area contributed by atoms with Crippen molar-refractivity contribution in [1.82, 2.24) is 9.38 Å². The van der Waals surface area contributed by atoms with Gasteiger partial charge in [0, 0.05) is 17.1 Å². The molecule has 4 rings (SSSR count). The molecule has 4 aromatic rings. The molecule has 2 aromatic heterocycles. The van der Waals surface area contributed by atoms with Crippen LogP contribution in [-0.2, 0) is 6.61 Å². The second-order valence-corrected chi connectivity index (χ2v) is 5.94.